The number of phenolic OH excluding ortho intramolecular Hbond substituents is 1. The summed E-state index contributed by atoms with van der Waals surface area (Å²) in [4.78, 5) is 4.41. The van der Waals surface area contributed by atoms with Crippen LogP contribution in [0.1, 0.15) is 51.5 Å². The summed E-state index contributed by atoms with van der Waals surface area (Å²) in [5.41, 5.74) is 1.47. The third-order valence-electron chi connectivity index (χ3n) is 3.97. The molecular formula is C22H29NO3. The van der Waals surface area contributed by atoms with Crippen LogP contribution >= 0.6 is 0 Å². The molecule has 4 nitrogen and oxygen atoms in total. The lowest BCUT2D eigenvalue weighted by Gasteiger charge is -2.07. The number of nitrogens with zero attached hydrogens (tertiary/aromatic N) is 1. The third-order valence-corrected chi connectivity index (χ3v) is 3.97. The normalized spacial score (nSPS) is 11.0. The van der Waals surface area contributed by atoms with Crippen LogP contribution < -0.4 is 9.47 Å². The van der Waals surface area contributed by atoms with Gasteiger partial charge in [0.05, 0.1) is 18.9 Å². The minimum atomic E-state index is 0.165. The Morgan fingerprint density at radius 2 is 1.50 bits per heavy atom. The average Bonchev–Trinajstić information content (AvgIpc) is 2.66. The first-order valence-corrected chi connectivity index (χ1v) is 9.45. The van der Waals surface area contributed by atoms with E-state index in [1.165, 1.54) is 12.8 Å². The van der Waals surface area contributed by atoms with Crippen LogP contribution in [0, 0.1) is 0 Å². The van der Waals surface area contributed by atoms with E-state index in [2.05, 4.69) is 18.8 Å². The standard InChI is InChI=1S/C22H29NO3/c1-3-5-7-15-25-20-12-9-19(10-13-20)23-17-18-8-11-21(16-22(18)24)26-14-6-4-2/h8-13,16-17,24H,3-7,14-15H2,1-2H3. The van der Waals surface area contributed by atoms with Gasteiger partial charge in [0.2, 0.25) is 0 Å². The zero-order valence-electron chi connectivity index (χ0n) is 15.8. The zero-order valence-corrected chi connectivity index (χ0v) is 15.8. The lowest BCUT2D eigenvalue weighted by molar-refractivity contribution is 0.306. The Morgan fingerprint density at radius 3 is 2.19 bits per heavy atom. The zero-order chi connectivity index (χ0) is 18.6. The topological polar surface area (TPSA) is 51.0 Å². The van der Waals surface area contributed by atoms with E-state index in [0.29, 0.717) is 17.9 Å². The predicted molar refractivity (Wildman–Crippen MR) is 107 cm³/mol. The average molecular weight is 355 g/mol. The number of benzene rings is 2. The van der Waals surface area contributed by atoms with Gasteiger partial charge in [0.25, 0.3) is 0 Å². The molecule has 140 valence electrons. The Hall–Kier alpha value is -2.49. The first-order valence-electron chi connectivity index (χ1n) is 9.45. The molecule has 0 atom stereocenters. The number of unbranched alkanes of at least 4 members (excludes halogenated alkanes) is 3. The summed E-state index contributed by atoms with van der Waals surface area (Å²) in [7, 11) is 0. The highest BCUT2D eigenvalue weighted by Gasteiger charge is 2.02. The van der Waals surface area contributed by atoms with Gasteiger partial charge in [-0.2, -0.15) is 0 Å². The van der Waals surface area contributed by atoms with E-state index < -0.39 is 0 Å². The molecule has 0 heterocycles. The van der Waals surface area contributed by atoms with Crippen molar-refractivity contribution in [1.82, 2.24) is 0 Å². The molecule has 0 amide bonds. The van der Waals surface area contributed by atoms with Crippen LogP contribution in [0.3, 0.4) is 0 Å². The Balaban J connectivity index is 1.90. The van der Waals surface area contributed by atoms with Crippen molar-refractivity contribution in [2.75, 3.05) is 13.2 Å². The summed E-state index contributed by atoms with van der Waals surface area (Å²) >= 11 is 0. The fourth-order valence-corrected chi connectivity index (χ4v) is 2.37. The van der Waals surface area contributed by atoms with Gasteiger partial charge < -0.3 is 14.6 Å². The van der Waals surface area contributed by atoms with Crippen molar-refractivity contribution in [2.24, 2.45) is 4.99 Å². The smallest absolute Gasteiger partial charge is 0.128 e. The van der Waals surface area contributed by atoms with Crippen LogP contribution in [0.15, 0.2) is 47.5 Å². The molecule has 2 aromatic rings. The van der Waals surface area contributed by atoms with Gasteiger partial charge in [-0.05, 0) is 49.2 Å². The maximum Gasteiger partial charge on any atom is 0.128 e. The molecule has 0 aliphatic carbocycles. The van der Waals surface area contributed by atoms with Crippen LogP contribution in [-0.4, -0.2) is 24.5 Å². The molecule has 0 saturated carbocycles. The Bertz CT molecular complexity index is 680. The van der Waals surface area contributed by atoms with E-state index in [4.69, 9.17) is 9.47 Å². The molecule has 0 aromatic heterocycles. The quantitative estimate of drug-likeness (QED) is 0.404. The van der Waals surface area contributed by atoms with Gasteiger partial charge in [-0.15, -0.1) is 0 Å². The highest BCUT2D eigenvalue weighted by atomic mass is 16.5. The van der Waals surface area contributed by atoms with E-state index >= 15 is 0 Å². The van der Waals surface area contributed by atoms with Crippen LogP contribution in [0.2, 0.25) is 0 Å². The summed E-state index contributed by atoms with van der Waals surface area (Å²) in [6.07, 6.45) is 7.20. The first kappa shape index (κ1) is 19.8. The second-order valence-corrected chi connectivity index (χ2v) is 6.23. The molecule has 0 aliphatic heterocycles. The molecule has 0 aliphatic rings. The van der Waals surface area contributed by atoms with E-state index in [1.807, 2.05) is 36.4 Å². The fraction of sp³-hybridized carbons (Fsp3) is 0.409. The monoisotopic (exact) mass is 355 g/mol. The molecule has 26 heavy (non-hydrogen) atoms. The highest BCUT2D eigenvalue weighted by Crippen LogP contribution is 2.24. The summed E-state index contributed by atoms with van der Waals surface area (Å²) in [6, 6.07) is 12.9. The van der Waals surface area contributed by atoms with Gasteiger partial charge >= 0.3 is 0 Å². The maximum atomic E-state index is 10.1. The van der Waals surface area contributed by atoms with Crippen molar-refractivity contribution in [3.8, 4) is 17.2 Å². The van der Waals surface area contributed by atoms with Gasteiger partial charge in [0.1, 0.15) is 17.2 Å². The van der Waals surface area contributed by atoms with Crippen molar-refractivity contribution in [3.63, 3.8) is 0 Å². The SMILES string of the molecule is CCCCCOc1ccc(N=Cc2ccc(OCCCC)cc2O)cc1. The van der Waals surface area contributed by atoms with Crippen LogP contribution in [0.5, 0.6) is 17.2 Å². The molecule has 0 spiro atoms. The lowest BCUT2D eigenvalue weighted by atomic mass is 10.2. The first-order chi connectivity index (χ1) is 12.7. The second kappa shape index (κ2) is 11.2. The van der Waals surface area contributed by atoms with Crippen molar-refractivity contribution < 1.29 is 14.6 Å². The number of rotatable bonds is 11. The van der Waals surface area contributed by atoms with Crippen molar-refractivity contribution in [2.45, 2.75) is 46.0 Å². The molecule has 0 bridgehead atoms. The largest absolute Gasteiger partial charge is 0.507 e. The van der Waals surface area contributed by atoms with E-state index in [-0.39, 0.29) is 5.75 Å². The van der Waals surface area contributed by atoms with Crippen LogP contribution in [0.25, 0.3) is 0 Å². The molecule has 4 heteroatoms. The van der Waals surface area contributed by atoms with Gasteiger partial charge in [-0.3, -0.25) is 4.99 Å². The Morgan fingerprint density at radius 1 is 0.846 bits per heavy atom. The lowest BCUT2D eigenvalue weighted by Crippen LogP contribution is -1.96. The number of aliphatic imine (C=N–C) groups is 1. The van der Waals surface area contributed by atoms with Crippen molar-refractivity contribution in [3.05, 3.63) is 48.0 Å². The maximum absolute atomic E-state index is 10.1. The van der Waals surface area contributed by atoms with Crippen LogP contribution in [-0.2, 0) is 0 Å². The van der Waals surface area contributed by atoms with Gasteiger partial charge in [-0.25, -0.2) is 0 Å². The molecule has 2 rings (SSSR count). The molecule has 0 saturated heterocycles. The molecular weight excluding hydrogens is 326 g/mol. The molecule has 0 unspecified atom stereocenters. The molecule has 0 fully saturated rings. The molecule has 0 radical (unpaired) electrons. The molecule has 1 N–H and O–H groups in total. The summed E-state index contributed by atoms with van der Waals surface area (Å²) in [6.45, 7) is 5.70. The van der Waals surface area contributed by atoms with Crippen molar-refractivity contribution in [1.29, 1.82) is 0 Å². The Kier molecular flexibility index (Phi) is 8.53. The number of hydrogen-bond donors (Lipinski definition) is 1. The summed E-state index contributed by atoms with van der Waals surface area (Å²) in [5.74, 6) is 1.70. The Labute approximate surface area is 156 Å². The minimum Gasteiger partial charge on any atom is -0.507 e. The van der Waals surface area contributed by atoms with E-state index in [0.717, 1.165) is 37.3 Å². The number of ether oxygens (including phenoxy) is 2. The summed E-state index contributed by atoms with van der Waals surface area (Å²) < 4.78 is 11.3. The highest BCUT2D eigenvalue weighted by molar-refractivity contribution is 5.85. The second-order valence-electron chi connectivity index (χ2n) is 6.23. The third kappa shape index (κ3) is 6.79. The van der Waals surface area contributed by atoms with E-state index in [1.54, 1.807) is 12.3 Å². The van der Waals surface area contributed by atoms with Gasteiger partial charge in [-0.1, -0.05) is 33.1 Å². The van der Waals surface area contributed by atoms with Gasteiger partial charge in [0.15, 0.2) is 0 Å². The molecule has 2 aromatic carbocycles. The fourth-order valence-electron chi connectivity index (χ4n) is 2.37. The van der Waals surface area contributed by atoms with Crippen molar-refractivity contribution >= 4 is 11.9 Å². The predicted octanol–water partition coefficient (Wildman–Crippen LogP) is 5.89. The van der Waals surface area contributed by atoms with Crippen LogP contribution in [0.4, 0.5) is 5.69 Å². The van der Waals surface area contributed by atoms with E-state index in [9.17, 15) is 5.11 Å². The number of hydrogen-bond acceptors (Lipinski definition) is 4. The van der Waals surface area contributed by atoms with Gasteiger partial charge in [0, 0.05) is 17.8 Å². The summed E-state index contributed by atoms with van der Waals surface area (Å²) in [5, 5.41) is 10.1. The number of phenols is 1. The minimum absolute atomic E-state index is 0.165. The number of aromatic hydroxyl groups is 1.